The number of anilines is 1. The number of benzene rings is 3. The second kappa shape index (κ2) is 9.85. The Balaban J connectivity index is 1.65. The van der Waals surface area contributed by atoms with Crippen molar-refractivity contribution in [2.45, 2.75) is 12.1 Å². The third-order valence-electron chi connectivity index (χ3n) is 5.65. The van der Waals surface area contributed by atoms with Crippen molar-refractivity contribution in [2.24, 2.45) is 0 Å². The van der Waals surface area contributed by atoms with Gasteiger partial charge in [-0.05, 0) is 54.1 Å². The molecule has 0 aromatic heterocycles. The summed E-state index contributed by atoms with van der Waals surface area (Å²) in [7, 11) is 0. The first kappa shape index (κ1) is 23.8. The Bertz CT molecular complexity index is 1180. The lowest BCUT2D eigenvalue weighted by molar-refractivity contribution is -0.141. The fourth-order valence-electron chi connectivity index (χ4n) is 3.99. The molecule has 4 rings (SSSR count). The van der Waals surface area contributed by atoms with Gasteiger partial charge in [-0.25, -0.2) is 8.78 Å². The van der Waals surface area contributed by atoms with Gasteiger partial charge in [-0.2, -0.15) is 0 Å². The summed E-state index contributed by atoms with van der Waals surface area (Å²) in [5, 5.41) is 12.1. The number of piperazine rings is 1. The van der Waals surface area contributed by atoms with Crippen LogP contribution < -0.4 is 4.90 Å². The van der Waals surface area contributed by atoms with Gasteiger partial charge in [0.2, 0.25) is 0 Å². The Hall–Kier alpha value is -2.38. The molecule has 1 aliphatic heterocycles. The van der Waals surface area contributed by atoms with Crippen molar-refractivity contribution in [3.8, 4) is 0 Å². The van der Waals surface area contributed by atoms with Gasteiger partial charge < -0.3 is 14.9 Å². The van der Waals surface area contributed by atoms with E-state index in [0.29, 0.717) is 21.6 Å². The summed E-state index contributed by atoms with van der Waals surface area (Å²) in [6.45, 7) is 0.821. The molecule has 1 fully saturated rings. The first-order chi connectivity index (χ1) is 15.7. The van der Waals surface area contributed by atoms with Gasteiger partial charge >= 0.3 is 0 Å². The predicted molar refractivity (Wildman–Crippen MR) is 126 cm³/mol. The summed E-state index contributed by atoms with van der Waals surface area (Å²) in [5.74, 6) is -2.29. The molecule has 0 spiro atoms. The van der Waals surface area contributed by atoms with E-state index in [-0.39, 0.29) is 19.1 Å². The zero-order chi connectivity index (χ0) is 23.7. The van der Waals surface area contributed by atoms with Crippen molar-refractivity contribution < 1.29 is 18.7 Å². The Morgan fingerprint density at radius 2 is 1.64 bits per heavy atom. The first-order valence-corrected chi connectivity index (χ1v) is 11.3. The average molecular weight is 512 g/mol. The number of carbonyl (C=O) groups is 1. The summed E-state index contributed by atoms with van der Waals surface area (Å²) in [6, 6.07) is 14.7. The molecule has 1 saturated heterocycles. The molecule has 4 nitrogen and oxygen atoms in total. The minimum atomic E-state index is -1.82. The van der Waals surface area contributed by atoms with Gasteiger partial charge in [0.15, 0.2) is 6.10 Å². The quantitative estimate of drug-likeness (QED) is 0.464. The maximum absolute atomic E-state index is 14.1. The molecule has 0 aliphatic carbocycles. The molecular weight excluding hydrogens is 493 g/mol. The number of aliphatic hydroxyl groups excluding tert-OH is 1. The zero-order valence-electron chi connectivity index (χ0n) is 17.2. The van der Waals surface area contributed by atoms with Crippen LogP contribution in [0.2, 0.25) is 15.1 Å². The van der Waals surface area contributed by atoms with Crippen molar-refractivity contribution in [2.75, 3.05) is 24.5 Å². The summed E-state index contributed by atoms with van der Waals surface area (Å²) in [5.41, 5.74) is 1.21. The molecule has 0 saturated carbocycles. The smallest absolute Gasteiger partial charge is 0.256 e. The van der Waals surface area contributed by atoms with Crippen molar-refractivity contribution in [3.05, 3.63) is 98.5 Å². The van der Waals surface area contributed by atoms with E-state index in [1.165, 1.54) is 4.90 Å². The van der Waals surface area contributed by atoms with Crippen molar-refractivity contribution in [3.63, 3.8) is 0 Å². The fraction of sp³-hybridized carbons (Fsp3) is 0.208. The second-order valence-corrected chi connectivity index (χ2v) is 8.99. The number of amides is 1. The maximum atomic E-state index is 14.1. The van der Waals surface area contributed by atoms with Crippen LogP contribution in [-0.4, -0.2) is 35.5 Å². The van der Waals surface area contributed by atoms with Crippen LogP contribution in [0.3, 0.4) is 0 Å². The van der Waals surface area contributed by atoms with Crippen molar-refractivity contribution in [1.29, 1.82) is 0 Å². The number of halogens is 5. The van der Waals surface area contributed by atoms with Crippen LogP contribution in [0.25, 0.3) is 0 Å². The van der Waals surface area contributed by atoms with Gasteiger partial charge in [0.25, 0.3) is 5.91 Å². The van der Waals surface area contributed by atoms with E-state index in [9.17, 15) is 18.7 Å². The van der Waals surface area contributed by atoms with E-state index >= 15 is 0 Å². The van der Waals surface area contributed by atoms with E-state index < -0.39 is 29.2 Å². The van der Waals surface area contributed by atoms with Crippen LogP contribution in [-0.2, 0) is 4.79 Å². The van der Waals surface area contributed by atoms with Gasteiger partial charge in [0.1, 0.15) is 11.6 Å². The van der Waals surface area contributed by atoms with Crippen LogP contribution in [0.1, 0.15) is 23.3 Å². The Labute approximate surface area is 204 Å². The number of nitrogens with zero attached hydrogens (tertiary/aromatic N) is 2. The van der Waals surface area contributed by atoms with Gasteiger partial charge in [0.05, 0.1) is 16.8 Å². The molecule has 1 N–H and O–H groups in total. The molecule has 1 aliphatic rings. The highest BCUT2D eigenvalue weighted by Crippen LogP contribution is 2.37. The van der Waals surface area contributed by atoms with E-state index in [1.807, 2.05) is 23.1 Å². The molecule has 1 amide bonds. The van der Waals surface area contributed by atoms with Crippen LogP contribution in [0.4, 0.5) is 14.5 Å². The van der Waals surface area contributed by atoms with E-state index in [2.05, 4.69) is 0 Å². The van der Waals surface area contributed by atoms with Crippen LogP contribution in [0, 0.1) is 11.6 Å². The fourth-order valence-corrected chi connectivity index (χ4v) is 4.63. The van der Waals surface area contributed by atoms with Crippen LogP contribution >= 0.6 is 34.8 Å². The number of hydrogen-bond donors (Lipinski definition) is 1. The lowest BCUT2D eigenvalue weighted by atomic mass is 10.00. The standard InChI is InChI=1S/C24H19Cl3F2N2O2/c25-15-3-1-14(2-4-15)22-13-30(9-10-31(22)21-8-5-16(26)11-19(21)27)24(33)23(32)18-12-17(28)6-7-20(18)29/h1-8,11-12,22-23,32H,9-10,13H2/t22-,23?/m0/s1. The average Bonchev–Trinajstić information content (AvgIpc) is 2.80. The monoisotopic (exact) mass is 510 g/mol. The molecule has 33 heavy (non-hydrogen) atoms. The lowest BCUT2D eigenvalue weighted by Crippen LogP contribution is -2.52. The lowest BCUT2D eigenvalue weighted by Gasteiger charge is -2.44. The maximum Gasteiger partial charge on any atom is 0.256 e. The molecule has 9 heteroatoms. The van der Waals surface area contributed by atoms with E-state index in [4.69, 9.17) is 34.8 Å². The highest BCUT2D eigenvalue weighted by atomic mass is 35.5. The highest BCUT2D eigenvalue weighted by molar-refractivity contribution is 6.36. The molecule has 2 atom stereocenters. The van der Waals surface area contributed by atoms with Gasteiger partial charge in [-0.15, -0.1) is 0 Å². The van der Waals surface area contributed by atoms with E-state index in [1.54, 1.807) is 24.3 Å². The number of aliphatic hydroxyl groups is 1. The summed E-state index contributed by atoms with van der Waals surface area (Å²) < 4.78 is 27.7. The number of carbonyl (C=O) groups excluding carboxylic acids is 1. The molecule has 0 radical (unpaired) electrons. The predicted octanol–water partition coefficient (Wildman–Crippen LogP) is 6.05. The SMILES string of the molecule is O=C(C(O)c1cc(F)ccc1F)N1CCN(c2ccc(Cl)cc2Cl)[C@H](c2ccc(Cl)cc2)C1. The van der Waals surface area contributed by atoms with Crippen molar-refractivity contribution >= 4 is 46.4 Å². The molecule has 1 heterocycles. The second-order valence-electron chi connectivity index (χ2n) is 7.71. The molecular formula is C24H19Cl3F2N2O2. The summed E-state index contributed by atoms with van der Waals surface area (Å²) >= 11 is 18.6. The molecule has 3 aromatic rings. The number of hydrogen-bond acceptors (Lipinski definition) is 3. The van der Waals surface area contributed by atoms with Gasteiger partial charge in [-0.3, -0.25) is 4.79 Å². The normalized spacial score (nSPS) is 17.2. The first-order valence-electron chi connectivity index (χ1n) is 10.1. The molecule has 3 aromatic carbocycles. The number of rotatable bonds is 4. The molecule has 172 valence electrons. The van der Waals surface area contributed by atoms with Gasteiger partial charge in [-0.1, -0.05) is 46.9 Å². The molecule has 1 unspecified atom stereocenters. The minimum Gasteiger partial charge on any atom is -0.378 e. The highest BCUT2D eigenvalue weighted by Gasteiger charge is 2.35. The largest absolute Gasteiger partial charge is 0.378 e. The Morgan fingerprint density at radius 1 is 0.939 bits per heavy atom. The van der Waals surface area contributed by atoms with Gasteiger partial charge in [0, 0.05) is 35.2 Å². The van der Waals surface area contributed by atoms with Crippen LogP contribution in [0.15, 0.2) is 60.7 Å². The van der Waals surface area contributed by atoms with Crippen LogP contribution in [0.5, 0.6) is 0 Å². The topological polar surface area (TPSA) is 43.8 Å². The Kier molecular flexibility index (Phi) is 7.10. The third kappa shape index (κ3) is 5.09. The molecule has 0 bridgehead atoms. The van der Waals surface area contributed by atoms with E-state index in [0.717, 1.165) is 29.4 Å². The minimum absolute atomic E-state index is 0.188. The Morgan fingerprint density at radius 3 is 2.33 bits per heavy atom. The summed E-state index contributed by atoms with van der Waals surface area (Å²) in [4.78, 5) is 16.5. The van der Waals surface area contributed by atoms with Crippen molar-refractivity contribution in [1.82, 2.24) is 4.90 Å². The zero-order valence-corrected chi connectivity index (χ0v) is 19.5. The third-order valence-corrected chi connectivity index (χ3v) is 6.44. The summed E-state index contributed by atoms with van der Waals surface area (Å²) in [6.07, 6.45) is -1.82.